The highest BCUT2D eigenvalue weighted by Gasteiger charge is 2.52. The number of Topliss-reactive ketones (excluding diaryl/α,β-unsaturated/α-hetero) is 1. The number of carbonyl (C=O) groups is 4. The Morgan fingerprint density at radius 1 is 1.23 bits per heavy atom. The quantitative estimate of drug-likeness (QED) is 0.431. The zero-order valence-electron chi connectivity index (χ0n) is 13.8. The van der Waals surface area contributed by atoms with Crippen molar-refractivity contribution in [3.05, 3.63) is 33.8 Å². The van der Waals surface area contributed by atoms with Gasteiger partial charge in [-0.15, -0.1) is 0 Å². The van der Waals surface area contributed by atoms with Gasteiger partial charge in [-0.1, -0.05) is 29.3 Å². The predicted molar refractivity (Wildman–Crippen MR) is 94.8 cm³/mol. The first-order valence-electron chi connectivity index (χ1n) is 8.21. The van der Waals surface area contributed by atoms with Gasteiger partial charge in [-0.3, -0.25) is 19.2 Å². The van der Waals surface area contributed by atoms with Gasteiger partial charge >= 0.3 is 0 Å². The van der Waals surface area contributed by atoms with Crippen LogP contribution in [0.5, 0.6) is 0 Å². The van der Waals surface area contributed by atoms with Crippen LogP contribution in [0.15, 0.2) is 18.2 Å². The number of hydrogen-bond donors (Lipinski definition) is 2. The Hall–Kier alpha value is -2.12. The molecule has 2 aliphatic rings. The number of aryl methyl sites for hydroxylation is 1. The summed E-state index contributed by atoms with van der Waals surface area (Å²) < 4.78 is 0. The minimum atomic E-state index is -1.08. The third-order valence-electron chi connectivity index (χ3n) is 4.57. The minimum Gasteiger partial charge on any atom is -0.355 e. The summed E-state index contributed by atoms with van der Waals surface area (Å²) in [5.74, 6) is -3.41. The molecule has 1 aromatic rings. The van der Waals surface area contributed by atoms with E-state index in [0.717, 1.165) is 5.56 Å². The van der Waals surface area contributed by atoms with E-state index in [1.165, 1.54) is 4.90 Å². The van der Waals surface area contributed by atoms with Crippen LogP contribution in [0.25, 0.3) is 0 Å². The van der Waals surface area contributed by atoms with Crippen LogP contribution in [-0.4, -0.2) is 54.1 Å². The normalized spacial score (nSPS) is 22.2. The molecule has 9 heteroatoms. The van der Waals surface area contributed by atoms with Crippen LogP contribution in [-0.2, 0) is 25.6 Å². The molecule has 2 saturated heterocycles. The van der Waals surface area contributed by atoms with Crippen LogP contribution in [0.4, 0.5) is 0 Å². The van der Waals surface area contributed by atoms with Gasteiger partial charge in [-0.25, -0.2) is 0 Å². The van der Waals surface area contributed by atoms with Gasteiger partial charge in [-0.05, 0) is 30.5 Å². The molecule has 2 aliphatic heterocycles. The number of piperazine rings is 1. The summed E-state index contributed by atoms with van der Waals surface area (Å²) in [4.78, 5) is 49.1. The number of nitrogens with zero attached hydrogens (tertiary/aromatic N) is 1. The molecule has 0 saturated carbocycles. The summed E-state index contributed by atoms with van der Waals surface area (Å²) in [7, 11) is 0. The lowest BCUT2D eigenvalue weighted by Crippen LogP contribution is -2.55. The lowest BCUT2D eigenvalue weighted by molar-refractivity contribution is -0.143. The lowest BCUT2D eigenvalue weighted by atomic mass is 9.97. The van der Waals surface area contributed by atoms with Gasteiger partial charge in [-0.2, -0.15) is 0 Å². The summed E-state index contributed by atoms with van der Waals surface area (Å²) in [6.07, 6.45) is 1.32. The average molecular weight is 398 g/mol. The molecule has 3 rings (SSSR count). The first-order chi connectivity index (χ1) is 12.4. The molecule has 0 aromatic heterocycles. The smallest absolute Gasteiger partial charge is 0.291 e. The van der Waals surface area contributed by atoms with Crippen molar-refractivity contribution in [1.29, 1.82) is 0 Å². The van der Waals surface area contributed by atoms with Crippen LogP contribution < -0.4 is 10.6 Å². The molecule has 0 aliphatic carbocycles. The maximum absolute atomic E-state index is 12.4. The topological polar surface area (TPSA) is 95.6 Å². The number of benzene rings is 1. The molecule has 0 spiro atoms. The van der Waals surface area contributed by atoms with E-state index < -0.39 is 29.6 Å². The van der Waals surface area contributed by atoms with E-state index in [-0.39, 0.29) is 19.0 Å². The van der Waals surface area contributed by atoms with Gasteiger partial charge < -0.3 is 15.5 Å². The molecular weight excluding hydrogens is 381 g/mol. The summed E-state index contributed by atoms with van der Waals surface area (Å²) in [5, 5.41) is 6.25. The number of carbonyl (C=O) groups excluding carboxylic acids is 4. The van der Waals surface area contributed by atoms with E-state index in [4.69, 9.17) is 23.2 Å². The highest BCUT2D eigenvalue weighted by atomic mass is 35.5. The Morgan fingerprint density at radius 3 is 2.73 bits per heavy atom. The number of halogens is 2. The van der Waals surface area contributed by atoms with Gasteiger partial charge in [0.2, 0.25) is 17.6 Å². The second-order valence-electron chi connectivity index (χ2n) is 6.29. The van der Waals surface area contributed by atoms with Crippen molar-refractivity contribution in [2.75, 3.05) is 19.6 Å². The summed E-state index contributed by atoms with van der Waals surface area (Å²) in [5.41, 5.74) is 0.988. The second kappa shape index (κ2) is 7.63. The molecule has 3 amide bonds. The lowest BCUT2D eigenvalue weighted by Gasteiger charge is -2.30. The fourth-order valence-electron chi connectivity index (χ4n) is 3.23. The van der Waals surface area contributed by atoms with E-state index in [1.54, 1.807) is 12.1 Å². The Labute approximate surface area is 160 Å². The average Bonchev–Trinajstić information content (AvgIpc) is 2.85. The third-order valence-corrected chi connectivity index (χ3v) is 5.31. The SMILES string of the molecule is O=C1CN2C(=O)C(=O)C(C(=O)NCCCc3ccc(Cl)c(Cl)c3)C2CN1. The largest absolute Gasteiger partial charge is 0.355 e. The van der Waals surface area contributed by atoms with Crippen LogP contribution in [0.1, 0.15) is 12.0 Å². The summed E-state index contributed by atoms with van der Waals surface area (Å²) in [6, 6.07) is 4.74. The Bertz CT molecular complexity index is 783. The zero-order chi connectivity index (χ0) is 18.8. The van der Waals surface area contributed by atoms with Crippen LogP contribution in [0.2, 0.25) is 10.0 Å². The number of rotatable bonds is 5. The Morgan fingerprint density at radius 2 is 2.00 bits per heavy atom. The van der Waals surface area contributed by atoms with Crippen molar-refractivity contribution in [3.63, 3.8) is 0 Å². The van der Waals surface area contributed by atoms with Crippen molar-refractivity contribution in [1.82, 2.24) is 15.5 Å². The van der Waals surface area contributed by atoms with Crippen molar-refractivity contribution >= 4 is 46.7 Å². The molecule has 1 aromatic carbocycles. The highest BCUT2D eigenvalue weighted by molar-refractivity contribution is 6.43. The van der Waals surface area contributed by atoms with Crippen molar-refractivity contribution in [3.8, 4) is 0 Å². The molecular formula is C17H17Cl2N3O4. The molecule has 2 fully saturated rings. The fraction of sp³-hybridized carbons (Fsp3) is 0.412. The second-order valence-corrected chi connectivity index (χ2v) is 7.10. The molecule has 2 unspecified atom stereocenters. The van der Waals surface area contributed by atoms with E-state index in [9.17, 15) is 19.2 Å². The van der Waals surface area contributed by atoms with Crippen molar-refractivity contribution in [2.45, 2.75) is 18.9 Å². The molecule has 2 heterocycles. The van der Waals surface area contributed by atoms with E-state index in [0.29, 0.717) is 29.4 Å². The molecule has 2 atom stereocenters. The molecule has 2 N–H and O–H groups in total. The van der Waals surface area contributed by atoms with Crippen molar-refractivity contribution in [2.24, 2.45) is 5.92 Å². The number of fused-ring (bicyclic) bond motifs is 1. The summed E-state index contributed by atoms with van der Waals surface area (Å²) >= 11 is 11.8. The van der Waals surface area contributed by atoms with Crippen molar-refractivity contribution < 1.29 is 19.2 Å². The van der Waals surface area contributed by atoms with E-state index in [1.807, 2.05) is 6.07 Å². The summed E-state index contributed by atoms with van der Waals surface area (Å²) in [6.45, 7) is 0.282. The maximum atomic E-state index is 12.4. The number of ketones is 1. The molecule has 7 nitrogen and oxygen atoms in total. The molecule has 138 valence electrons. The van der Waals surface area contributed by atoms with Crippen LogP contribution in [0.3, 0.4) is 0 Å². The minimum absolute atomic E-state index is 0.109. The van der Waals surface area contributed by atoms with Crippen LogP contribution >= 0.6 is 23.2 Å². The van der Waals surface area contributed by atoms with Gasteiger partial charge in [0, 0.05) is 13.1 Å². The first kappa shape index (κ1) is 18.7. The Kier molecular flexibility index (Phi) is 5.48. The van der Waals surface area contributed by atoms with Gasteiger partial charge in [0.15, 0.2) is 0 Å². The molecule has 0 radical (unpaired) electrons. The molecule has 26 heavy (non-hydrogen) atoms. The van der Waals surface area contributed by atoms with Gasteiger partial charge in [0.1, 0.15) is 12.5 Å². The predicted octanol–water partition coefficient (Wildman–Crippen LogP) is 0.568. The number of hydrogen-bond acceptors (Lipinski definition) is 4. The van der Waals surface area contributed by atoms with E-state index >= 15 is 0 Å². The Balaban J connectivity index is 1.53. The number of nitrogens with one attached hydrogen (secondary N) is 2. The maximum Gasteiger partial charge on any atom is 0.291 e. The number of amides is 3. The van der Waals surface area contributed by atoms with Crippen LogP contribution in [0, 0.1) is 5.92 Å². The first-order valence-corrected chi connectivity index (χ1v) is 8.97. The zero-order valence-corrected chi connectivity index (χ0v) is 15.3. The molecule has 0 bridgehead atoms. The monoisotopic (exact) mass is 397 g/mol. The standard InChI is InChI=1S/C17H17Cl2N3O4/c18-10-4-3-9(6-11(10)19)2-1-5-20-16(25)14-12-7-21-13(23)8-22(12)17(26)15(14)24/h3-4,6,12,14H,1-2,5,7-8H2,(H,20,25)(H,21,23). The van der Waals surface area contributed by atoms with E-state index in [2.05, 4.69) is 10.6 Å². The highest BCUT2D eigenvalue weighted by Crippen LogP contribution is 2.25. The van der Waals surface area contributed by atoms with Gasteiger partial charge in [0.25, 0.3) is 5.91 Å². The fourth-order valence-corrected chi connectivity index (χ4v) is 3.55. The van der Waals surface area contributed by atoms with Gasteiger partial charge in [0.05, 0.1) is 16.1 Å². The third kappa shape index (κ3) is 3.68.